The summed E-state index contributed by atoms with van der Waals surface area (Å²) in [6.45, 7) is 4.40. The lowest BCUT2D eigenvalue weighted by Crippen LogP contribution is -2.07. The number of carboxylic acid groups (broad SMARTS) is 1. The lowest BCUT2D eigenvalue weighted by atomic mass is 9.92. The van der Waals surface area contributed by atoms with Gasteiger partial charge in [0.05, 0.1) is 20.8 Å². The number of aromatic hydroxyl groups is 2. The highest BCUT2D eigenvalue weighted by Crippen LogP contribution is 2.46. The Kier molecular flexibility index (Phi) is 7.68. The van der Waals surface area contributed by atoms with Gasteiger partial charge in [-0.2, -0.15) is 0 Å². The summed E-state index contributed by atoms with van der Waals surface area (Å²) in [5.74, 6) is -0.520. The molecule has 0 fully saturated rings. The number of phenols is 2. The van der Waals surface area contributed by atoms with E-state index in [4.69, 9.17) is 14.2 Å². The van der Waals surface area contributed by atoms with Gasteiger partial charge >= 0.3 is 5.97 Å². The molecule has 34 heavy (non-hydrogen) atoms. The number of benzene rings is 3. The fraction of sp³-hybridized carbons (Fsp3) is 0.222. The molecule has 0 aliphatic carbocycles. The van der Waals surface area contributed by atoms with E-state index in [1.165, 1.54) is 38.0 Å². The van der Waals surface area contributed by atoms with Crippen LogP contribution in [0.25, 0.3) is 22.3 Å². The van der Waals surface area contributed by atoms with Gasteiger partial charge < -0.3 is 29.5 Å². The van der Waals surface area contributed by atoms with Crippen molar-refractivity contribution in [3.05, 3.63) is 65.7 Å². The zero-order chi connectivity index (χ0) is 24.8. The van der Waals surface area contributed by atoms with E-state index in [-0.39, 0.29) is 34.1 Å². The van der Waals surface area contributed by atoms with E-state index < -0.39 is 5.97 Å². The van der Waals surface area contributed by atoms with Crippen LogP contribution in [0.5, 0.6) is 28.7 Å². The molecule has 0 aromatic heterocycles. The number of phenolic OH excluding ortho intramolecular Hbond substituents is 2. The van der Waals surface area contributed by atoms with Gasteiger partial charge in [0.2, 0.25) is 0 Å². The van der Waals surface area contributed by atoms with Crippen molar-refractivity contribution in [2.24, 2.45) is 0 Å². The summed E-state index contributed by atoms with van der Waals surface area (Å²) in [6.07, 6.45) is 2.74. The molecule has 0 atom stereocenters. The average Bonchev–Trinajstić information content (AvgIpc) is 2.81. The third-order valence-electron chi connectivity index (χ3n) is 5.24. The fourth-order valence-corrected chi connectivity index (χ4v) is 3.67. The molecule has 0 radical (unpaired) electrons. The number of methoxy groups -OCH3 is 2. The third-order valence-corrected chi connectivity index (χ3v) is 5.24. The van der Waals surface area contributed by atoms with E-state index in [1.807, 2.05) is 19.9 Å². The van der Waals surface area contributed by atoms with Gasteiger partial charge in [0, 0.05) is 11.1 Å². The molecular weight excluding hydrogens is 436 g/mol. The molecule has 0 heterocycles. The smallest absolute Gasteiger partial charge is 0.340 e. The van der Waals surface area contributed by atoms with Crippen LogP contribution >= 0.6 is 0 Å². The molecule has 0 saturated carbocycles. The van der Waals surface area contributed by atoms with Crippen LogP contribution in [-0.2, 0) is 0 Å². The molecule has 7 nitrogen and oxygen atoms in total. The molecule has 3 rings (SSSR count). The summed E-state index contributed by atoms with van der Waals surface area (Å²) < 4.78 is 16.7. The number of carboxylic acids is 1. The lowest BCUT2D eigenvalue weighted by Gasteiger charge is -2.19. The molecule has 0 amide bonds. The second-order valence-corrected chi connectivity index (χ2v) is 7.86. The maximum atomic E-state index is 12.4. The van der Waals surface area contributed by atoms with Crippen molar-refractivity contribution in [1.82, 2.24) is 0 Å². The molecule has 0 aliphatic rings. The maximum Gasteiger partial charge on any atom is 0.340 e. The number of ether oxygens (including phenoxy) is 3. The zero-order valence-electron chi connectivity index (χ0n) is 19.6. The standard InChI is InChI=1S/C27H28O7/c1-16(2)6-5-13-34-22-12-9-18(14-21(22)29)24-23(32-3)15-20(17-7-10-19(28)11-8-17)26(33-4)25(24)27(30)31/h6-12,14-15,28-29H,5,13H2,1-4H3,(H,30,31). The van der Waals surface area contributed by atoms with Gasteiger partial charge in [-0.05, 0) is 61.7 Å². The van der Waals surface area contributed by atoms with Gasteiger partial charge in [0.15, 0.2) is 11.5 Å². The van der Waals surface area contributed by atoms with Crippen LogP contribution in [0, 0.1) is 0 Å². The van der Waals surface area contributed by atoms with Crippen LogP contribution in [0.2, 0.25) is 0 Å². The average molecular weight is 465 g/mol. The topological polar surface area (TPSA) is 105 Å². The van der Waals surface area contributed by atoms with Crippen molar-refractivity contribution in [2.45, 2.75) is 20.3 Å². The first-order valence-electron chi connectivity index (χ1n) is 10.7. The molecule has 0 spiro atoms. The predicted molar refractivity (Wildman–Crippen MR) is 130 cm³/mol. The number of carbonyl (C=O) groups is 1. The Morgan fingerprint density at radius 1 is 0.912 bits per heavy atom. The van der Waals surface area contributed by atoms with Crippen LogP contribution in [-0.4, -0.2) is 42.1 Å². The van der Waals surface area contributed by atoms with Gasteiger partial charge in [0.1, 0.15) is 22.8 Å². The maximum absolute atomic E-state index is 12.4. The fourth-order valence-electron chi connectivity index (χ4n) is 3.67. The van der Waals surface area contributed by atoms with Gasteiger partial charge in [-0.15, -0.1) is 0 Å². The van der Waals surface area contributed by atoms with E-state index in [0.29, 0.717) is 35.5 Å². The second-order valence-electron chi connectivity index (χ2n) is 7.86. The van der Waals surface area contributed by atoms with Crippen molar-refractivity contribution in [1.29, 1.82) is 0 Å². The SMILES string of the molecule is COc1cc(-c2ccc(O)cc2)c(OC)c(C(=O)O)c1-c1ccc(OCCC=C(C)C)c(O)c1. The van der Waals surface area contributed by atoms with Gasteiger partial charge in [-0.3, -0.25) is 0 Å². The first kappa shape index (κ1) is 24.5. The quantitative estimate of drug-likeness (QED) is 0.268. The number of aromatic carboxylic acids is 1. The molecule has 3 aromatic rings. The molecule has 3 N–H and O–H groups in total. The van der Waals surface area contributed by atoms with Crippen molar-refractivity contribution in [2.75, 3.05) is 20.8 Å². The monoisotopic (exact) mass is 464 g/mol. The van der Waals surface area contributed by atoms with Crippen LogP contribution in [0.15, 0.2) is 60.2 Å². The number of allylic oxidation sites excluding steroid dienone is 1. The predicted octanol–water partition coefficient (Wildman–Crippen LogP) is 5.88. The Bertz CT molecular complexity index is 1210. The van der Waals surface area contributed by atoms with Crippen molar-refractivity contribution < 1.29 is 34.3 Å². The third kappa shape index (κ3) is 5.26. The van der Waals surface area contributed by atoms with Gasteiger partial charge in [-0.25, -0.2) is 4.79 Å². The Morgan fingerprint density at radius 3 is 2.15 bits per heavy atom. The highest BCUT2D eigenvalue weighted by Gasteiger charge is 2.27. The van der Waals surface area contributed by atoms with E-state index in [0.717, 1.165) is 0 Å². The number of hydrogen-bond donors (Lipinski definition) is 3. The summed E-state index contributed by atoms with van der Waals surface area (Å²) in [6, 6.07) is 12.7. The molecule has 0 bridgehead atoms. The first-order valence-corrected chi connectivity index (χ1v) is 10.7. The summed E-state index contributed by atoms with van der Waals surface area (Å²) >= 11 is 0. The Morgan fingerprint density at radius 2 is 1.59 bits per heavy atom. The molecular formula is C27H28O7. The van der Waals surface area contributed by atoms with Crippen molar-refractivity contribution in [3.63, 3.8) is 0 Å². The first-order chi connectivity index (χ1) is 16.3. The van der Waals surface area contributed by atoms with Crippen LogP contribution in [0.4, 0.5) is 0 Å². The summed E-state index contributed by atoms with van der Waals surface area (Å²) in [7, 11) is 2.83. The van der Waals surface area contributed by atoms with Crippen LogP contribution < -0.4 is 14.2 Å². The summed E-state index contributed by atoms with van der Waals surface area (Å²) in [5.41, 5.74) is 2.90. The second kappa shape index (κ2) is 10.7. The highest BCUT2D eigenvalue weighted by atomic mass is 16.5. The molecule has 7 heteroatoms. The Labute approximate surface area is 198 Å². The highest BCUT2D eigenvalue weighted by molar-refractivity contribution is 6.04. The zero-order valence-corrected chi connectivity index (χ0v) is 19.6. The number of rotatable bonds is 9. The van der Waals surface area contributed by atoms with Crippen LogP contribution in [0.1, 0.15) is 30.6 Å². The molecule has 0 unspecified atom stereocenters. The Balaban J connectivity index is 2.12. The largest absolute Gasteiger partial charge is 0.508 e. The van der Waals surface area contributed by atoms with Gasteiger partial charge in [0.25, 0.3) is 0 Å². The van der Waals surface area contributed by atoms with E-state index >= 15 is 0 Å². The van der Waals surface area contributed by atoms with Gasteiger partial charge in [-0.1, -0.05) is 29.8 Å². The van der Waals surface area contributed by atoms with Crippen molar-refractivity contribution >= 4 is 5.97 Å². The molecule has 3 aromatic carbocycles. The minimum absolute atomic E-state index is 0.0865. The molecule has 0 aliphatic heterocycles. The minimum Gasteiger partial charge on any atom is -0.508 e. The van der Waals surface area contributed by atoms with E-state index in [1.54, 1.807) is 30.3 Å². The van der Waals surface area contributed by atoms with E-state index in [2.05, 4.69) is 0 Å². The van der Waals surface area contributed by atoms with Crippen molar-refractivity contribution in [3.8, 4) is 51.0 Å². The van der Waals surface area contributed by atoms with E-state index in [9.17, 15) is 20.1 Å². The van der Waals surface area contributed by atoms with Crippen LogP contribution in [0.3, 0.4) is 0 Å². The summed E-state index contributed by atoms with van der Waals surface area (Å²) in [4.78, 5) is 12.4. The Hall–Kier alpha value is -4.13. The molecule has 178 valence electrons. The number of hydrogen-bond acceptors (Lipinski definition) is 6. The normalized spacial score (nSPS) is 10.5. The lowest BCUT2D eigenvalue weighted by molar-refractivity contribution is 0.0694. The minimum atomic E-state index is -1.22. The molecule has 0 saturated heterocycles. The summed E-state index contributed by atoms with van der Waals surface area (Å²) in [5, 5.41) is 30.3.